The predicted octanol–water partition coefficient (Wildman–Crippen LogP) is 0.905. The second-order valence-electron chi connectivity index (χ2n) is 3.85. The molecule has 0 saturated carbocycles. The molecule has 1 heterocycles. The van der Waals surface area contributed by atoms with Crippen LogP contribution in [0.3, 0.4) is 0 Å². The van der Waals surface area contributed by atoms with Gasteiger partial charge in [0, 0.05) is 12.6 Å². The highest BCUT2D eigenvalue weighted by molar-refractivity contribution is 7.81. The van der Waals surface area contributed by atoms with Crippen molar-refractivity contribution in [2.75, 3.05) is 19.6 Å². The quantitative estimate of drug-likeness (QED) is 0.685. The largest absolute Gasteiger partial charge is 0.354 e. The molecule has 0 radical (unpaired) electrons. The van der Waals surface area contributed by atoms with Crippen molar-refractivity contribution in [2.45, 2.75) is 38.0 Å². The number of hydrogen-bond acceptors (Lipinski definition) is 3. The second kappa shape index (κ2) is 5.61. The Morgan fingerprint density at radius 3 is 3.00 bits per heavy atom. The average Bonchev–Trinajstić information content (AvgIpc) is 2.60. The van der Waals surface area contributed by atoms with Crippen molar-refractivity contribution in [2.24, 2.45) is 0 Å². The number of likely N-dealkylation sites (tertiary alicyclic amines) is 1. The molecule has 1 rings (SSSR count). The average molecular weight is 216 g/mol. The molecule has 2 atom stereocenters. The number of nitrogens with zero attached hydrogens (tertiary/aromatic N) is 1. The summed E-state index contributed by atoms with van der Waals surface area (Å²) in [7, 11) is 0. The number of amides is 1. The fourth-order valence-electron chi connectivity index (χ4n) is 1.91. The lowest BCUT2D eigenvalue weighted by Gasteiger charge is -2.23. The molecule has 14 heavy (non-hydrogen) atoms. The Morgan fingerprint density at radius 2 is 2.43 bits per heavy atom. The third-order valence-corrected chi connectivity index (χ3v) is 3.03. The van der Waals surface area contributed by atoms with E-state index in [0.717, 1.165) is 13.1 Å². The molecule has 2 unspecified atom stereocenters. The summed E-state index contributed by atoms with van der Waals surface area (Å²) in [4.78, 5) is 13.7. The summed E-state index contributed by atoms with van der Waals surface area (Å²) in [6.45, 7) is 6.99. The van der Waals surface area contributed by atoms with Crippen LogP contribution < -0.4 is 5.32 Å². The molecule has 4 heteroatoms. The Labute approximate surface area is 91.6 Å². The van der Waals surface area contributed by atoms with Crippen LogP contribution in [0.5, 0.6) is 0 Å². The highest BCUT2D eigenvalue weighted by Crippen LogP contribution is 2.15. The highest BCUT2D eigenvalue weighted by Gasteiger charge is 2.23. The molecule has 0 aromatic carbocycles. The predicted molar refractivity (Wildman–Crippen MR) is 61.7 cm³/mol. The van der Waals surface area contributed by atoms with Crippen molar-refractivity contribution in [3.8, 4) is 0 Å². The van der Waals surface area contributed by atoms with E-state index in [1.165, 1.54) is 19.4 Å². The van der Waals surface area contributed by atoms with Gasteiger partial charge in [-0.25, -0.2) is 0 Å². The molecule has 1 aliphatic rings. The van der Waals surface area contributed by atoms with Gasteiger partial charge in [-0.05, 0) is 32.9 Å². The van der Waals surface area contributed by atoms with Gasteiger partial charge in [-0.2, -0.15) is 12.6 Å². The standard InChI is InChI=1S/C10H20N2OS/c1-3-12-6-4-5-9(12)7-11-10(13)8(2)14/h8-9,14H,3-7H2,1-2H3,(H,11,13). The van der Waals surface area contributed by atoms with Crippen LogP contribution in [-0.2, 0) is 4.79 Å². The summed E-state index contributed by atoms with van der Waals surface area (Å²) in [5, 5.41) is 2.73. The Bertz CT molecular complexity index is 197. The Balaban J connectivity index is 2.27. The van der Waals surface area contributed by atoms with Gasteiger partial charge < -0.3 is 5.32 Å². The second-order valence-corrected chi connectivity index (χ2v) is 4.62. The highest BCUT2D eigenvalue weighted by atomic mass is 32.1. The molecule has 1 N–H and O–H groups in total. The monoisotopic (exact) mass is 216 g/mol. The summed E-state index contributed by atoms with van der Waals surface area (Å²) >= 11 is 4.09. The van der Waals surface area contributed by atoms with Crippen molar-refractivity contribution in [1.82, 2.24) is 10.2 Å². The number of nitrogens with one attached hydrogen (secondary N) is 1. The van der Waals surface area contributed by atoms with E-state index in [9.17, 15) is 4.79 Å². The van der Waals surface area contributed by atoms with Crippen LogP contribution in [0.4, 0.5) is 0 Å². The number of carbonyl (C=O) groups excluding carboxylic acids is 1. The van der Waals surface area contributed by atoms with E-state index >= 15 is 0 Å². The summed E-state index contributed by atoms with van der Waals surface area (Å²) in [5.41, 5.74) is 0. The number of carbonyl (C=O) groups is 1. The van der Waals surface area contributed by atoms with Gasteiger partial charge in [-0.3, -0.25) is 9.69 Å². The van der Waals surface area contributed by atoms with Gasteiger partial charge in [0.15, 0.2) is 0 Å². The van der Waals surface area contributed by atoms with Crippen LogP contribution in [-0.4, -0.2) is 41.7 Å². The molecule has 3 nitrogen and oxygen atoms in total. The van der Waals surface area contributed by atoms with Crippen molar-refractivity contribution >= 4 is 18.5 Å². The Kier molecular flexibility index (Phi) is 4.75. The van der Waals surface area contributed by atoms with E-state index in [0.29, 0.717) is 6.04 Å². The molecule has 1 amide bonds. The lowest BCUT2D eigenvalue weighted by atomic mass is 10.2. The van der Waals surface area contributed by atoms with E-state index in [2.05, 4.69) is 29.8 Å². The zero-order valence-electron chi connectivity index (χ0n) is 8.99. The summed E-state index contributed by atoms with van der Waals surface area (Å²) in [5.74, 6) is 0.0382. The lowest BCUT2D eigenvalue weighted by molar-refractivity contribution is -0.120. The fourth-order valence-corrected chi connectivity index (χ4v) is 2.00. The number of thiol groups is 1. The van der Waals surface area contributed by atoms with Gasteiger partial charge in [0.1, 0.15) is 0 Å². The molecule has 0 spiro atoms. The first kappa shape index (κ1) is 11.9. The number of hydrogen-bond donors (Lipinski definition) is 2. The first-order valence-electron chi connectivity index (χ1n) is 5.35. The molecule has 1 saturated heterocycles. The van der Waals surface area contributed by atoms with E-state index < -0.39 is 0 Å². The maximum Gasteiger partial charge on any atom is 0.232 e. The van der Waals surface area contributed by atoms with E-state index in [1.54, 1.807) is 6.92 Å². The molecule has 82 valence electrons. The minimum Gasteiger partial charge on any atom is -0.354 e. The normalized spacial score (nSPS) is 24.9. The van der Waals surface area contributed by atoms with Crippen molar-refractivity contribution < 1.29 is 4.79 Å². The minimum atomic E-state index is -0.202. The van der Waals surface area contributed by atoms with Crippen LogP contribution in [0.1, 0.15) is 26.7 Å². The van der Waals surface area contributed by atoms with Gasteiger partial charge in [0.25, 0.3) is 0 Å². The van der Waals surface area contributed by atoms with Crippen LogP contribution in [0.25, 0.3) is 0 Å². The topological polar surface area (TPSA) is 32.3 Å². The molecule has 1 aliphatic heterocycles. The third kappa shape index (κ3) is 3.17. The van der Waals surface area contributed by atoms with E-state index in [-0.39, 0.29) is 11.2 Å². The maximum atomic E-state index is 11.3. The Hall–Kier alpha value is -0.220. The van der Waals surface area contributed by atoms with Gasteiger partial charge in [-0.1, -0.05) is 6.92 Å². The molecular weight excluding hydrogens is 196 g/mol. The SMILES string of the molecule is CCN1CCCC1CNC(=O)C(C)S. The molecule has 0 aliphatic carbocycles. The summed E-state index contributed by atoms with van der Waals surface area (Å²) < 4.78 is 0. The van der Waals surface area contributed by atoms with Crippen LogP contribution in [0, 0.1) is 0 Å². The molecule has 0 bridgehead atoms. The van der Waals surface area contributed by atoms with Crippen molar-refractivity contribution in [1.29, 1.82) is 0 Å². The first-order valence-corrected chi connectivity index (χ1v) is 5.86. The van der Waals surface area contributed by atoms with Gasteiger partial charge in [0.05, 0.1) is 5.25 Å². The van der Waals surface area contributed by atoms with Gasteiger partial charge in [0.2, 0.25) is 5.91 Å². The number of rotatable bonds is 4. The lowest BCUT2D eigenvalue weighted by Crippen LogP contribution is -2.41. The maximum absolute atomic E-state index is 11.3. The summed E-state index contributed by atoms with van der Waals surface area (Å²) in [6.07, 6.45) is 2.46. The first-order chi connectivity index (χ1) is 6.65. The molecule has 0 aromatic rings. The summed E-state index contributed by atoms with van der Waals surface area (Å²) in [6, 6.07) is 0.538. The van der Waals surface area contributed by atoms with Crippen LogP contribution in [0.2, 0.25) is 0 Å². The smallest absolute Gasteiger partial charge is 0.232 e. The molecule has 0 aromatic heterocycles. The van der Waals surface area contributed by atoms with E-state index in [1.807, 2.05) is 0 Å². The van der Waals surface area contributed by atoms with Crippen molar-refractivity contribution in [3.05, 3.63) is 0 Å². The molecule has 1 fully saturated rings. The van der Waals surface area contributed by atoms with Gasteiger partial charge >= 0.3 is 0 Å². The minimum absolute atomic E-state index is 0.0382. The van der Waals surface area contributed by atoms with E-state index in [4.69, 9.17) is 0 Å². The zero-order chi connectivity index (χ0) is 10.6. The van der Waals surface area contributed by atoms with Crippen LogP contribution in [0.15, 0.2) is 0 Å². The molecular formula is C10H20N2OS. The van der Waals surface area contributed by atoms with Crippen molar-refractivity contribution in [3.63, 3.8) is 0 Å². The van der Waals surface area contributed by atoms with Gasteiger partial charge in [-0.15, -0.1) is 0 Å². The third-order valence-electron chi connectivity index (χ3n) is 2.80. The van der Waals surface area contributed by atoms with Crippen LogP contribution >= 0.6 is 12.6 Å². The zero-order valence-corrected chi connectivity index (χ0v) is 9.89. The number of likely N-dealkylation sites (N-methyl/N-ethyl adjacent to an activating group) is 1. The fraction of sp³-hybridized carbons (Fsp3) is 0.900. The Morgan fingerprint density at radius 1 is 1.71 bits per heavy atom.